The molecule has 0 fully saturated rings. The van der Waals surface area contributed by atoms with Crippen LogP contribution in [0.25, 0.3) is 55.4 Å². The van der Waals surface area contributed by atoms with Crippen molar-refractivity contribution < 1.29 is 0 Å². The highest BCUT2D eigenvalue weighted by Crippen LogP contribution is 2.41. The second-order valence-corrected chi connectivity index (χ2v) is 8.70. The van der Waals surface area contributed by atoms with Crippen molar-refractivity contribution in [3.63, 3.8) is 0 Å². The summed E-state index contributed by atoms with van der Waals surface area (Å²) in [5.74, 6) is 0. The van der Waals surface area contributed by atoms with E-state index in [4.69, 9.17) is 4.98 Å². The molecule has 0 aliphatic heterocycles. The molecule has 0 bridgehead atoms. The zero-order valence-electron chi connectivity index (χ0n) is 18.3. The summed E-state index contributed by atoms with van der Waals surface area (Å²) in [5, 5.41) is 5.75. The molecule has 162 valence electrons. The lowest BCUT2D eigenvalue weighted by Gasteiger charge is -2.17. The maximum Gasteiger partial charge on any atom is 0.0900 e. The predicted octanol–water partition coefficient (Wildman–Crippen LogP) is 8.07. The number of nitrogens with zero attached hydrogens (tertiary/aromatic N) is 3. The number of halogens is 1. The number of hydrogen-bond acceptors (Lipinski definition) is 3. The van der Waals surface area contributed by atoms with Crippen molar-refractivity contribution in [1.29, 1.82) is 0 Å². The third-order valence-electron chi connectivity index (χ3n) is 6.15. The van der Waals surface area contributed by atoms with Crippen LogP contribution in [0.15, 0.2) is 109 Å². The molecule has 3 aromatic carbocycles. The molecule has 4 heteroatoms. The lowest BCUT2D eigenvalue weighted by molar-refractivity contribution is 1.22. The van der Waals surface area contributed by atoms with Crippen LogP contribution >= 0.6 is 15.9 Å². The molecule has 6 rings (SSSR count). The molecule has 0 aliphatic carbocycles. The molecule has 3 nitrogen and oxygen atoms in total. The SMILES string of the molecule is BrCc1c2ccccc2c(-c2cc(-c3ccccn3)nc(-c3ccccn3)c2)c2ccccc12. The Balaban J connectivity index is 1.73. The summed E-state index contributed by atoms with van der Waals surface area (Å²) in [4.78, 5) is 14.1. The van der Waals surface area contributed by atoms with E-state index in [0.29, 0.717) is 0 Å². The summed E-state index contributed by atoms with van der Waals surface area (Å²) in [6, 6.07) is 33.4. The quantitative estimate of drug-likeness (QED) is 0.181. The summed E-state index contributed by atoms with van der Waals surface area (Å²) >= 11 is 3.74. The van der Waals surface area contributed by atoms with Gasteiger partial charge in [0.25, 0.3) is 0 Å². The minimum atomic E-state index is 0.795. The van der Waals surface area contributed by atoms with Gasteiger partial charge in [0.1, 0.15) is 0 Å². The van der Waals surface area contributed by atoms with Gasteiger partial charge in [-0.15, -0.1) is 0 Å². The highest BCUT2D eigenvalue weighted by molar-refractivity contribution is 9.08. The molecule has 3 aromatic heterocycles. The van der Waals surface area contributed by atoms with Gasteiger partial charge in [0, 0.05) is 17.7 Å². The summed E-state index contributed by atoms with van der Waals surface area (Å²) in [7, 11) is 0. The van der Waals surface area contributed by atoms with Gasteiger partial charge in [0.05, 0.1) is 22.8 Å². The first-order valence-electron chi connectivity index (χ1n) is 11.2. The number of aromatic nitrogens is 3. The van der Waals surface area contributed by atoms with Gasteiger partial charge in [-0.05, 0) is 74.6 Å². The van der Waals surface area contributed by atoms with Gasteiger partial charge in [-0.1, -0.05) is 76.6 Å². The molecule has 0 radical (unpaired) electrons. The van der Waals surface area contributed by atoms with E-state index in [-0.39, 0.29) is 0 Å². The van der Waals surface area contributed by atoms with E-state index < -0.39 is 0 Å². The van der Waals surface area contributed by atoms with E-state index in [1.54, 1.807) is 12.4 Å². The van der Waals surface area contributed by atoms with Crippen LogP contribution in [0.5, 0.6) is 0 Å². The Labute approximate surface area is 206 Å². The normalized spacial score (nSPS) is 11.2. The number of hydrogen-bond donors (Lipinski definition) is 0. The Bertz CT molecular complexity index is 1520. The van der Waals surface area contributed by atoms with Crippen molar-refractivity contribution in [3.8, 4) is 33.9 Å². The highest BCUT2D eigenvalue weighted by atomic mass is 79.9. The van der Waals surface area contributed by atoms with Gasteiger partial charge in [-0.3, -0.25) is 9.97 Å². The maximum atomic E-state index is 4.96. The summed E-state index contributed by atoms with van der Waals surface area (Å²) in [5.41, 5.74) is 6.95. The fraction of sp³-hybridized carbons (Fsp3) is 0.0333. The molecular weight excluding hydrogens is 482 g/mol. The molecule has 0 amide bonds. The minimum Gasteiger partial charge on any atom is -0.255 e. The van der Waals surface area contributed by atoms with Crippen molar-refractivity contribution in [2.24, 2.45) is 0 Å². The topological polar surface area (TPSA) is 38.7 Å². The van der Waals surface area contributed by atoms with Gasteiger partial charge in [-0.25, -0.2) is 4.98 Å². The molecule has 0 unspecified atom stereocenters. The number of pyridine rings is 3. The molecule has 0 N–H and O–H groups in total. The second-order valence-electron chi connectivity index (χ2n) is 8.13. The fourth-order valence-electron chi connectivity index (χ4n) is 4.64. The molecule has 34 heavy (non-hydrogen) atoms. The van der Waals surface area contributed by atoms with Crippen LogP contribution in [0.2, 0.25) is 0 Å². The number of fused-ring (bicyclic) bond motifs is 2. The van der Waals surface area contributed by atoms with Crippen molar-refractivity contribution in [2.45, 2.75) is 5.33 Å². The van der Waals surface area contributed by atoms with E-state index in [2.05, 4.69) is 86.6 Å². The van der Waals surface area contributed by atoms with Gasteiger partial charge in [0.15, 0.2) is 0 Å². The Hall–Kier alpha value is -3.89. The Morgan fingerprint density at radius 2 is 1.00 bits per heavy atom. The van der Waals surface area contributed by atoms with Crippen LogP contribution in [0.4, 0.5) is 0 Å². The zero-order valence-corrected chi connectivity index (χ0v) is 19.9. The van der Waals surface area contributed by atoms with Crippen LogP contribution in [0.1, 0.15) is 5.56 Å². The molecule has 6 aromatic rings. The standard InChI is InChI=1S/C30H20BrN3/c31-19-25-21-9-1-3-11-23(21)30(24-12-4-2-10-22(24)25)20-17-28(26-13-5-7-15-32-26)34-29(18-20)27-14-6-8-16-33-27/h1-18H,19H2. The van der Waals surface area contributed by atoms with Gasteiger partial charge < -0.3 is 0 Å². The number of alkyl halides is 1. The summed E-state index contributed by atoms with van der Waals surface area (Å²) in [6.45, 7) is 0. The summed E-state index contributed by atoms with van der Waals surface area (Å²) in [6.07, 6.45) is 3.61. The van der Waals surface area contributed by atoms with E-state index in [0.717, 1.165) is 33.7 Å². The van der Waals surface area contributed by atoms with Gasteiger partial charge in [0.2, 0.25) is 0 Å². The van der Waals surface area contributed by atoms with E-state index in [1.807, 2.05) is 36.4 Å². The third kappa shape index (κ3) is 3.57. The zero-order chi connectivity index (χ0) is 22.9. The predicted molar refractivity (Wildman–Crippen MR) is 144 cm³/mol. The molecule has 3 heterocycles. The Kier molecular flexibility index (Phi) is 5.36. The fourth-order valence-corrected chi connectivity index (χ4v) is 5.24. The van der Waals surface area contributed by atoms with Crippen LogP contribution in [-0.2, 0) is 5.33 Å². The van der Waals surface area contributed by atoms with Crippen LogP contribution in [0, 0.1) is 0 Å². The average Bonchev–Trinajstić information content (AvgIpc) is 2.92. The van der Waals surface area contributed by atoms with Crippen LogP contribution < -0.4 is 0 Å². The molecule has 0 saturated heterocycles. The smallest absolute Gasteiger partial charge is 0.0900 e. The van der Waals surface area contributed by atoms with E-state index >= 15 is 0 Å². The van der Waals surface area contributed by atoms with Crippen molar-refractivity contribution in [3.05, 3.63) is 115 Å². The van der Waals surface area contributed by atoms with Crippen molar-refractivity contribution >= 4 is 37.5 Å². The van der Waals surface area contributed by atoms with Crippen LogP contribution in [-0.4, -0.2) is 15.0 Å². The summed E-state index contributed by atoms with van der Waals surface area (Å²) < 4.78 is 0. The maximum absolute atomic E-state index is 4.96. The largest absolute Gasteiger partial charge is 0.255 e. The lowest BCUT2D eigenvalue weighted by Crippen LogP contribution is -1.96. The monoisotopic (exact) mass is 501 g/mol. The van der Waals surface area contributed by atoms with Gasteiger partial charge in [-0.2, -0.15) is 0 Å². The molecule has 0 aliphatic rings. The minimum absolute atomic E-state index is 0.795. The Morgan fingerprint density at radius 3 is 1.44 bits per heavy atom. The van der Waals surface area contributed by atoms with Crippen molar-refractivity contribution in [1.82, 2.24) is 15.0 Å². The van der Waals surface area contributed by atoms with Crippen molar-refractivity contribution in [2.75, 3.05) is 0 Å². The number of benzene rings is 3. The molecular formula is C30H20BrN3. The third-order valence-corrected chi connectivity index (χ3v) is 6.71. The lowest BCUT2D eigenvalue weighted by atomic mass is 9.88. The van der Waals surface area contributed by atoms with E-state index in [9.17, 15) is 0 Å². The average molecular weight is 502 g/mol. The first-order valence-corrected chi connectivity index (χ1v) is 12.3. The molecule has 0 saturated carbocycles. The van der Waals surface area contributed by atoms with Crippen LogP contribution in [0.3, 0.4) is 0 Å². The van der Waals surface area contributed by atoms with Gasteiger partial charge >= 0.3 is 0 Å². The molecule has 0 spiro atoms. The number of rotatable bonds is 4. The Morgan fingerprint density at radius 1 is 0.529 bits per heavy atom. The first-order chi connectivity index (χ1) is 16.8. The highest BCUT2D eigenvalue weighted by Gasteiger charge is 2.17. The first kappa shape index (κ1) is 20.7. The molecule has 0 atom stereocenters. The van der Waals surface area contributed by atoms with E-state index in [1.165, 1.54) is 32.7 Å². The second kappa shape index (κ2) is 8.81.